The molecule has 0 spiro atoms. The van der Waals surface area contributed by atoms with Crippen LogP contribution in [0.25, 0.3) is 0 Å². The van der Waals surface area contributed by atoms with Gasteiger partial charge >= 0.3 is 0 Å². The molecule has 4 heteroatoms. The lowest BCUT2D eigenvalue weighted by Crippen LogP contribution is -2.26. The van der Waals surface area contributed by atoms with Gasteiger partial charge < -0.3 is 5.32 Å². The van der Waals surface area contributed by atoms with E-state index in [1.54, 1.807) is 0 Å². The fourth-order valence-corrected chi connectivity index (χ4v) is 2.80. The molecule has 1 aromatic carbocycles. The molecule has 1 N–H and O–H groups in total. The van der Waals surface area contributed by atoms with Gasteiger partial charge in [0, 0.05) is 31.3 Å². The van der Waals surface area contributed by atoms with Crippen LogP contribution in [-0.4, -0.2) is 22.5 Å². The molecule has 1 aromatic heterocycles. The maximum absolute atomic E-state index is 12.5. The van der Waals surface area contributed by atoms with Crippen molar-refractivity contribution < 1.29 is 0 Å². The number of hydrogen-bond donors (Lipinski definition) is 1. The number of hydrogen-bond acceptors (Lipinski definition) is 2. The third kappa shape index (κ3) is 2.24. The molecule has 1 aliphatic rings. The first kappa shape index (κ1) is 12.2. The Morgan fingerprint density at radius 3 is 2.68 bits per heavy atom. The molecule has 0 amide bonds. The molecule has 19 heavy (non-hydrogen) atoms. The number of aromatic nitrogens is 2. The van der Waals surface area contributed by atoms with E-state index in [4.69, 9.17) is 0 Å². The number of nitrogens with one attached hydrogen (secondary N) is 1. The van der Waals surface area contributed by atoms with Crippen molar-refractivity contribution in [2.24, 2.45) is 7.05 Å². The third-order valence-corrected chi connectivity index (χ3v) is 3.86. The quantitative estimate of drug-likeness (QED) is 0.869. The highest BCUT2D eigenvalue weighted by atomic mass is 16.1. The topological polar surface area (TPSA) is 39.0 Å². The Bertz CT molecular complexity index is 625. The van der Waals surface area contributed by atoms with Gasteiger partial charge in [0.15, 0.2) is 0 Å². The molecule has 4 nitrogen and oxygen atoms in total. The summed E-state index contributed by atoms with van der Waals surface area (Å²) in [6.07, 6.45) is 1.77. The van der Waals surface area contributed by atoms with Gasteiger partial charge in [-0.05, 0) is 18.5 Å². The Morgan fingerprint density at radius 2 is 1.89 bits per heavy atom. The zero-order chi connectivity index (χ0) is 13.2. The van der Waals surface area contributed by atoms with Crippen LogP contribution in [0.15, 0.2) is 35.1 Å². The summed E-state index contributed by atoms with van der Waals surface area (Å²) < 4.78 is 3.89. The van der Waals surface area contributed by atoms with Gasteiger partial charge in [-0.25, -0.2) is 4.68 Å². The summed E-state index contributed by atoms with van der Waals surface area (Å²) in [5.41, 5.74) is 3.51. The second kappa shape index (κ2) is 5.05. The van der Waals surface area contributed by atoms with Gasteiger partial charge in [-0.1, -0.05) is 30.3 Å². The van der Waals surface area contributed by atoms with Crippen molar-refractivity contribution in [1.29, 1.82) is 0 Å². The molecule has 1 aliphatic heterocycles. The lowest BCUT2D eigenvalue weighted by molar-refractivity contribution is 0.513. The predicted molar refractivity (Wildman–Crippen MR) is 75.5 cm³/mol. The van der Waals surface area contributed by atoms with Gasteiger partial charge in [0.25, 0.3) is 5.56 Å². The lowest BCUT2D eigenvalue weighted by Gasteiger charge is -2.10. The smallest absolute Gasteiger partial charge is 0.270 e. The first-order valence-electron chi connectivity index (χ1n) is 6.79. The normalized spacial score (nSPS) is 15.0. The molecule has 0 fully saturated rings. The molecule has 2 heterocycles. The van der Waals surface area contributed by atoms with Gasteiger partial charge in [-0.3, -0.25) is 9.48 Å². The van der Waals surface area contributed by atoms with Crippen molar-refractivity contribution in [2.45, 2.75) is 19.4 Å². The van der Waals surface area contributed by atoms with Crippen molar-refractivity contribution >= 4 is 0 Å². The van der Waals surface area contributed by atoms with E-state index in [9.17, 15) is 4.79 Å². The van der Waals surface area contributed by atoms with Gasteiger partial charge in [0.2, 0.25) is 0 Å². The molecule has 100 valence electrons. The van der Waals surface area contributed by atoms with E-state index >= 15 is 0 Å². The van der Waals surface area contributed by atoms with Gasteiger partial charge in [-0.15, -0.1) is 0 Å². The molecular formula is C15H19N3O. The van der Waals surface area contributed by atoms with Gasteiger partial charge in [0.1, 0.15) is 0 Å². The highest BCUT2D eigenvalue weighted by molar-refractivity contribution is 5.23. The molecule has 0 unspecified atom stereocenters. The van der Waals surface area contributed by atoms with Crippen molar-refractivity contribution in [2.75, 3.05) is 13.1 Å². The third-order valence-electron chi connectivity index (χ3n) is 3.86. The first-order valence-corrected chi connectivity index (χ1v) is 6.79. The second-order valence-corrected chi connectivity index (χ2v) is 5.05. The standard InChI is InChI=1S/C15H19N3O/c1-17-14-8-10-16-9-7-13(14)15(19)18(17)11-12-5-3-2-4-6-12/h2-6,16H,7-11H2,1H3. The van der Waals surface area contributed by atoms with Crippen molar-refractivity contribution in [3.8, 4) is 0 Å². The summed E-state index contributed by atoms with van der Waals surface area (Å²) >= 11 is 0. The van der Waals surface area contributed by atoms with E-state index in [2.05, 4.69) is 17.4 Å². The van der Waals surface area contributed by atoms with Crippen LogP contribution in [-0.2, 0) is 26.4 Å². The Morgan fingerprint density at radius 1 is 1.16 bits per heavy atom. The largest absolute Gasteiger partial charge is 0.316 e. The van der Waals surface area contributed by atoms with Crippen LogP contribution in [0.4, 0.5) is 0 Å². The van der Waals surface area contributed by atoms with Crippen LogP contribution in [0.3, 0.4) is 0 Å². The summed E-state index contributed by atoms with van der Waals surface area (Å²) in [5.74, 6) is 0. The van der Waals surface area contributed by atoms with Crippen LogP contribution < -0.4 is 10.9 Å². The Hall–Kier alpha value is -1.81. The lowest BCUT2D eigenvalue weighted by atomic mass is 10.1. The zero-order valence-electron chi connectivity index (χ0n) is 11.2. The van der Waals surface area contributed by atoms with Crippen molar-refractivity contribution in [3.05, 3.63) is 57.5 Å². The van der Waals surface area contributed by atoms with Gasteiger partial charge in [-0.2, -0.15) is 0 Å². The summed E-state index contributed by atoms with van der Waals surface area (Å²) in [4.78, 5) is 12.5. The van der Waals surface area contributed by atoms with Gasteiger partial charge in [0.05, 0.1) is 6.54 Å². The molecule has 0 saturated carbocycles. The summed E-state index contributed by atoms with van der Waals surface area (Å²) in [5, 5.41) is 3.34. The molecule has 0 radical (unpaired) electrons. The fraction of sp³-hybridized carbons (Fsp3) is 0.400. The maximum atomic E-state index is 12.5. The Kier molecular flexibility index (Phi) is 3.25. The minimum atomic E-state index is 0.171. The molecule has 0 atom stereocenters. The molecule has 3 rings (SSSR count). The summed E-state index contributed by atoms with van der Waals surface area (Å²) in [6, 6.07) is 10.1. The van der Waals surface area contributed by atoms with Crippen LogP contribution in [0.1, 0.15) is 16.8 Å². The highest BCUT2D eigenvalue weighted by Gasteiger charge is 2.19. The Balaban J connectivity index is 2.01. The molecule has 2 aromatic rings. The van der Waals surface area contributed by atoms with E-state index in [0.29, 0.717) is 6.54 Å². The van der Waals surface area contributed by atoms with E-state index < -0.39 is 0 Å². The van der Waals surface area contributed by atoms with E-state index in [0.717, 1.165) is 31.5 Å². The predicted octanol–water partition coefficient (Wildman–Crippen LogP) is 0.923. The summed E-state index contributed by atoms with van der Waals surface area (Å²) in [6.45, 7) is 2.50. The van der Waals surface area contributed by atoms with Crippen LogP contribution in [0, 0.1) is 0 Å². The molecule has 0 aliphatic carbocycles. The molecular weight excluding hydrogens is 238 g/mol. The average Bonchev–Trinajstić information content (AvgIpc) is 2.65. The van der Waals surface area contributed by atoms with E-state index in [-0.39, 0.29) is 5.56 Å². The zero-order valence-corrected chi connectivity index (χ0v) is 11.2. The van der Waals surface area contributed by atoms with Crippen LogP contribution >= 0.6 is 0 Å². The maximum Gasteiger partial charge on any atom is 0.270 e. The number of benzene rings is 1. The molecule has 0 bridgehead atoms. The van der Waals surface area contributed by atoms with E-state index in [1.165, 1.54) is 11.3 Å². The first-order chi connectivity index (χ1) is 9.27. The number of fused-ring (bicyclic) bond motifs is 1. The van der Waals surface area contributed by atoms with Crippen LogP contribution in [0.2, 0.25) is 0 Å². The monoisotopic (exact) mass is 257 g/mol. The minimum Gasteiger partial charge on any atom is -0.316 e. The average molecular weight is 257 g/mol. The van der Waals surface area contributed by atoms with Crippen LogP contribution in [0.5, 0.6) is 0 Å². The van der Waals surface area contributed by atoms with Crippen molar-refractivity contribution in [1.82, 2.24) is 14.7 Å². The van der Waals surface area contributed by atoms with Crippen molar-refractivity contribution in [3.63, 3.8) is 0 Å². The van der Waals surface area contributed by atoms with E-state index in [1.807, 2.05) is 34.6 Å². The summed E-state index contributed by atoms with van der Waals surface area (Å²) in [7, 11) is 1.99. The highest BCUT2D eigenvalue weighted by Crippen LogP contribution is 2.10. The molecule has 0 saturated heterocycles. The minimum absolute atomic E-state index is 0.171. The Labute approximate surface area is 112 Å². The number of rotatable bonds is 2. The second-order valence-electron chi connectivity index (χ2n) is 5.05. The SMILES string of the molecule is Cn1c2c(c(=O)n1Cc1ccccc1)CCNCC2. The fourth-order valence-electron chi connectivity index (χ4n) is 2.80. The number of nitrogens with zero attached hydrogens (tertiary/aromatic N) is 2.